The normalized spacial score (nSPS) is 11.1. The number of hydrogen-bond donors (Lipinski definition) is 0. The first kappa shape index (κ1) is 12.1. The van der Waals surface area contributed by atoms with Crippen molar-refractivity contribution in [1.82, 2.24) is 0 Å². The van der Waals surface area contributed by atoms with Crippen LogP contribution in [-0.4, -0.2) is 7.11 Å². The predicted octanol–water partition coefficient (Wildman–Crippen LogP) is 3.92. The van der Waals surface area contributed by atoms with Crippen LogP contribution in [-0.2, 0) is 0 Å². The third-order valence-corrected chi connectivity index (χ3v) is 3.60. The van der Waals surface area contributed by atoms with Crippen molar-refractivity contribution in [2.45, 2.75) is 6.92 Å². The molecule has 0 radical (unpaired) electrons. The maximum Gasteiger partial charge on any atom is 0.344 e. The van der Waals surface area contributed by atoms with E-state index in [0.717, 1.165) is 16.3 Å². The molecule has 0 N–H and O–H groups in total. The van der Waals surface area contributed by atoms with Gasteiger partial charge in [0.1, 0.15) is 10.8 Å². The predicted molar refractivity (Wildman–Crippen MR) is 76.3 cm³/mol. The minimum absolute atomic E-state index is 0.320. The quantitative estimate of drug-likeness (QED) is 0.499. The van der Waals surface area contributed by atoms with Gasteiger partial charge in [0.15, 0.2) is 5.58 Å². The first-order valence-electron chi connectivity index (χ1n) is 5.82. The van der Waals surface area contributed by atoms with Crippen LogP contribution in [0.1, 0.15) is 5.56 Å². The smallest absolute Gasteiger partial charge is 0.344 e. The molecule has 4 heteroatoms. The Kier molecular flexibility index (Phi) is 2.72. The summed E-state index contributed by atoms with van der Waals surface area (Å²) in [6, 6.07) is 9.31. The monoisotopic (exact) mass is 274 g/mol. The molecule has 2 aromatic carbocycles. The summed E-state index contributed by atoms with van der Waals surface area (Å²) in [6.45, 7) is 1.89. The highest BCUT2D eigenvalue weighted by atomic mass is 35.5. The molecule has 0 bridgehead atoms. The fourth-order valence-corrected chi connectivity index (χ4v) is 2.59. The summed E-state index contributed by atoms with van der Waals surface area (Å²) in [6.07, 6.45) is 0. The topological polar surface area (TPSA) is 39.4 Å². The molecule has 0 saturated carbocycles. The molecule has 0 aliphatic carbocycles. The lowest BCUT2D eigenvalue weighted by molar-refractivity contribution is 0.414. The zero-order valence-corrected chi connectivity index (χ0v) is 11.2. The van der Waals surface area contributed by atoms with Crippen molar-refractivity contribution in [2.24, 2.45) is 0 Å². The first-order valence-corrected chi connectivity index (χ1v) is 6.20. The van der Waals surface area contributed by atoms with Gasteiger partial charge in [-0.05, 0) is 24.6 Å². The first-order chi connectivity index (χ1) is 9.13. The van der Waals surface area contributed by atoms with Crippen molar-refractivity contribution in [1.29, 1.82) is 0 Å². The van der Waals surface area contributed by atoms with Gasteiger partial charge in [-0.25, -0.2) is 4.79 Å². The Bertz CT molecular complexity index is 849. The van der Waals surface area contributed by atoms with Gasteiger partial charge in [0.2, 0.25) is 0 Å². The van der Waals surface area contributed by atoms with Crippen LogP contribution < -0.4 is 10.4 Å². The van der Waals surface area contributed by atoms with Crippen molar-refractivity contribution >= 4 is 33.3 Å². The number of halogens is 1. The van der Waals surface area contributed by atoms with Crippen LogP contribution in [0.25, 0.3) is 21.7 Å². The summed E-state index contributed by atoms with van der Waals surface area (Å²) >= 11 is 6.20. The summed E-state index contributed by atoms with van der Waals surface area (Å²) in [5.41, 5.74) is 0.875. The van der Waals surface area contributed by atoms with Crippen molar-refractivity contribution in [3.63, 3.8) is 0 Å². The maximum absolute atomic E-state index is 12.1. The summed E-state index contributed by atoms with van der Waals surface area (Å²) in [7, 11) is 1.52. The van der Waals surface area contributed by atoms with Gasteiger partial charge in [-0.15, -0.1) is 0 Å². The molecule has 1 aromatic heterocycles. The minimum atomic E-state index is -0.379. The van der Waals surface area contributed by atoms with Crippen LogP contribution in [0.5, 0.6) is 5.75 Å². The summed E-state index contributed by atoms with van der Waals surface area (Å²) < 4.78 is 10.5. The van der Waals surface area contributed by atoms with E-state index in [-0.39, 0.29) is 5.63 Å². The SMILES string of the molecule is COc1ccc2c(oc(=O)c3c(C)cccc32)c1Cl. The highest BCUT2D eigenvalue weighted by molar-refractivity contribution is 6.37. The van der Waals surface area contributed by atoms with Gasteiger partial charge in [-0.3, -0.25) is 0 Å². The Balaban J connectivity index is 2.60. The van der Waals surface area contributed by atoms with Crippen molar-refractivity contribution in [3.05, 3.63) is 51.3 Å². The van der Waals surface area contributed by atoms with Crippen LogP contribution in [0.15, 0.2) is 39.5 Å². The van der Waals surface area contributed by atoms with Gasteiger partial charge < -0.3 is 9.15 Å². The Hall–Kier alpha value is -2.00. The second-order valence-corrected chi connectivity index (χ2v) is 4.72. The number of benzene rings is 2. The molecule has 0 saturated heterocycles. The second kappa shape index (κ2) is 4.28. The number of ether oxygens (including phenoxy) is 1. The molecule has 19 heavy (non-hydrogen) atoms. The van der Waals surface area contributed by atoms with Gasteiger partial charge in [0, 0.05) is 10.8 Å². The Labute approximate surface area is 114 Å². The molecular formula is C15H11ClO3. The van der Waals surface area contributed by atoms with E-state index >= 15 is 0 Å². The number of aryl methyl sites for hydroxylation is 1. The highest BCUT2D eigenvalue weighted by Crippen LogP contribution is 2.35. The summed E-state index contributed by atoms with van der Waals surface area (Å²) in [5, 5.41) is 2.57. The van der Waals surface area contributed by atoms with E-state index in [4.69, 9.17) is 20.8 Å². The van der Waals surface area contributed by atoms with Crippen LogP contribution in [0.4, 0.5) is 0 Å². The van der Waals surface area contributed by atoms with E-state index in [1.807, 2.05) is 31.2 Å². The number of fused-ring (bicyclic) bond motifs is 3. The maximum atomic E-state index is 12.1. The molecule has 0 unspecified atom stereocenters. The van der Waals surface area contributed by atoms with Crippen LogP contribution in [0, 0.1) is 6.92 Å². The average molecular weight is 275 g/mol. The molecule has 0 fully saturated rings. The Morgan fingerprint density at radius 3 is 2.68 bits per heavy atom. The summed E-state index contributed by atoms with van der Waals surface area (Å²) in [4.78, 5) is 12.1. The molecule has 3 rings (SSSR count). The average Bonchev–Trinajstić information content (AvgIpc) is 2.40. The van der Waals surface area contributed by atoms with Crippen LogP contribution >= 0.6 is 11.6 Å². The van der Waals surface area contributed by atoms with E-state index in [9.17, 15) is 4.79 Å². The van der Waals surface area contributed by atoms with E-state index in [0.29, 0.717) is 21.7 Å². The molecule has 1 heterocycles. The minimum Gasteiger partial charge on any atom is -0.495 e. The third-order valence-electron chi connectivity index (χ3n) is 3.24. The molecule has 0 aliphatic rings. The fraction of sp³-hybridized carbons (Fsp3) is 0.133. The van der Waals surface area contributed by atoms with Gasteiger partial charge in [0.05, 0.1) is 12.5 Å². The number of rotatable bonds is 1. The summed E-state index contributed by atoms with van der Waals surface area (Å²) in [5.74, 6) is 0.490. The van der Waals surface area contributed by atoms with Crippen molar-refractivity contribution < 1.29 is 9.15 Å². The van der Waals surface area contributed by atoms with Crippen LogP contribution in [0.2, 0.25) is 5.02 Å². The molecule has 0 amide bonds. The zero-order chi connectivity index (χ0) is 13.6. The molecule has 0 aliphatic heterocycles. The standard InChI is InChI=1S/C15H11ClO3/c1-8-4-3-5-9-10-6-7-11(18-2)13(16)14(10)19-15(17)12(8)9/h3-7H,1-2H3. The van der Waals surface area contributed by atoms with E-state index in [2.05, 4.69) is 0 Å². The van der Waals surface area contributed by atoms with Gasteiger partial charge in [0.25, 0.3) is 0 Å². The second-order valence-electron chi connectivity index (χ2n) is 4.35. The number of methoxy groups -OCH3 is 1. The lowest BCUT2D eigenvalue weighted by Crippen LogP contribution is -2.02. The van der Waals surface area contributed by atoms with Crippen molar-refractivity contribution in [3.8, 4) is 5.75 Å². The molecule has 0 atom stereocenters. The lowest BCUT2D eigenvalue weighted by Gasteiger charge is -2.08. The van der Waals surface area contributed by atoms with Crippen molar-refractivity contribution in [2.75, 3.05) is 7.11 Å². The van der Waals surface area contributed by atoms with Gasteiger partial charge in [-0.1, -0.05) is 29.8 Å². The fourth-order valence-electron chi connectivity index (χ4n) is 2.31. The van der Waals surface area contributed by atoms with E-state index in [1.54, 1.807) is 6.07 Å². The largest absolute Gasteiger partial charge is 0.495 e. The number of hydrogen-bond acceptors (Lipinski definition) is 3. The lowest BCUT2D eigenvalue weighted by atomic mass is 10.0. The Morgan fingerprint density at radius 1 is 1.16 bits per heavy atom. The van der Waals surface area contributed by atoms with E-state index < -0.39 is 0 Å². The van der Waals surface area contributed by atoms with Gasteiger partial charge in [-0.2, -0.15) is 0 Å². The Morgan fingerprint density at radius 2 is 1.95 bits per heavy atom. The molecular weight excluding hydrogens is 264 g/mol. The zero-order valence-electron chi connectivity index (χ0n) is 10.5. The molecule has 3 nitrogen and oxygen atoms in total. The molecule has 96 valence electrons. The van der Waals surface area contributed by atoms with E-state index in [1.165, 1.54) is 7.11 Å². The third kappa shape index (κ3) is 1.70. The highest BCUT2D eigenvalue weighted by Gasteiger charge is 2.14. The molecule has 3 aromatic rings. The van der Waals surface area contributed by atoms with Gasteiger partial charge >= 0.3 is 5.63 Å². The molecule has 0 spiro atoms. The van der Waals surface area contributed by atoms with Crippen LogP contribution in [0.3, 0.4) is 0 Å².